The molecule has 0 spiro atoms. The van der Waals surface area contributed by atoms with Crippen molar-refractivity contribution in [3.05, 3.63) is 69.0 Å². The Bertz CT molecular complexity index is 688. The molecule has 7 heteroatoms. The standard InChI is InChI=1S/C14H9ClFNO4/c15-11-2-1-3-13(14(11)16)21-8-12(18)9-4-6-10(7-5-9)17(19)20/h1-7H,8H2. The van der Waals surface area contributed by atoms with E-state index >= 15 is 0 Å². The molecule has 0 saturated carbocycles. The fourth-order valence-corrected chi connectivity index (χ4v) is 1.76. The van der Waals surface area contributed by atoms with Gasteiger partial charge in [-0.05, 0) is 24.3 Å². The first-order chi connectivity index (χ1) is 9.99. The molecule has 0 aromatic heterocycles. The Kier molecular flexibility index (Phi) is 4.49. The van der Waals surface area contributed by atoms with Crippen LogP contribution < -0.4 is 4.74 Å². The molecular formula is C14H9ClFNO4. The number of ether oxygens (including phenoxy) is 1. The van der Waals surface area contributed by atoms with Gasteiger partial charge in [-0.2, -0.15) is 0 Å². The molecule has 0 aliphatic heterocycles. The summed E-state index contributed by atoms with van der Waals surface area (Å²) in [5.74, 6) is -1.29. The molecule has 2 aromatic carbocycles. The number of hydrogen-bond acceptors (Lipinski definition) is 4. The van der Waals surface area contributed by atoms with Gasteiger partial charge < -0.3 is 4.74 Å². The number of halogens is 2. The third-order valence-corrected chi connectivity index (χ3v) is 2.97. The molecule has 21 heavy (non-hydrogen) atoms. The van der Waals surface area contributed by atoms with Gasteiger partial charge in [-0.25, -0.2) is 4.39 Å². The normalized spacial score (nSPS) is 10.2. The highest BCUT2D eigenvalue weighted by Gasteiger charge is 2.12. The summed E-state index contributed by atoms with van der Waals surface area (Å²) in [5, 5.41) is 10.4. The summed E-state index contributed by atoms with van der Waals surface area (Å²) in [6.45, 7) is -0.394. The Morgan fingerprint density at radius 2 is 1.90 bits per heavy atom. The number of carbonyl (C=O) groups excluding carboxylic acids is 1. The Morgan fingerprint density at radius 3 is 2.52 bits per heavy atom. The number of nitro benzene ring substituents is 1. The van der Waals surface area contributed by atoms with Crippen LogP contribution in [0.25, 0.3) is 0 Å². The first-order valence-electron chi connectivity index (χ1n) is 5.83. The van der Waals surface area contributed by atoms with Gasteiger partial charge in [0.1, 0.15) is 0 Å². The number of carbonyl (C=O) groups is 1. The fourth-order valence-electron chi connectivity index (χ4n) is 1.59. The van der Waals surface area contributed by atoms with Crippen LogP contribution in [0, 0.1) is 15.9 Å². The van der Waals surface area contributed by atoms with Crippen molar-refractivity contribution >= 4 is 23.1 Å². The van der Waals surface area contributed by atoms with Gasteiger partial charge in [0.05, 0.1) is 9.95 Å². The lowest BCUT2D eigenvalue weighted by atomic mass is 10.1. The third-order valence-electron chi connectivity index (χ3n) is 2.68. The second kappa shape index (κ2) is 6.32. The van der Waals surface area contributed by atoms with Gasteiger partial charge in [0.15, 0.2) is 24.0 Å². The number of non-ortho nitro benzene ring substituents is 1. The van der Waals surface area contributed by atoms with Crippen LogP contribution in [0.2, 0.25) is 5.02 Å². The van der Waals surface area contributed by atoms with Crippen LogP contribution in [0.3, 0.4) is 0 Å². The minimum absolute atomic E-state index is 0.102. The van der Waals surface area contributed by atoms with E-state index in [0.29, 0.717) is 0 Å². The molecule has 0 unspecified atom stereocenters. The Morgan fingerprint density at radius 1 is 1.24 bits per heavy atom. The van der Waals surface area contributed by atoms with E-state index in [2.05, 4.69) is 0 Å². The maximum absolute atomic E-state index is 13.6. The molecule has 0 heterocycles. The Labute approximate surface area is 124 Å². The van der Waals surface area contributed by atoms with Crippen molar-refractivity contribution in [3.63, 3.8) is 0 Å². The molecule has 0 fully saturated rings. The third kappa shape index (κ3) is 3.55. The molecule has 108 valence electrons. The lowest BCUT2D eigenvalue weighted by molar-refractivity contribution is -0.384. The summed E-state index contributed by atoms with van der Waals surface area (Å²) in [5.41, 5.74) is 0.122. The quantitative estimate of drug-likeness (QED) is 0.480. The summed E-state index contributed by atoms with van der Waals surface area (Å²) in [6, 6.07) is 9.28. The zero-order valence-electron chi connectivity index (χ0n) is 10.6. The summed E-state index contributed by atoms with van der Waals surface area (Å²) in [6.07, 6.45) is 0. The van der Waals surface area contributed by atoms with Crippen molar-refractivity contribution in [3.8, 4) is 5.75 Å². The van der Waals surface area contributed by atoms with E-state index in [4.69, 9.17) is 16.3 Å². The monoisotopic (exact) mass is 309 g/mol. The van der Waals surface area contributed by atoms with Crippen LogP contribution in [0.4, 0.5) is 10.1 Å². The van der Waals surface area contributed by atoms with E-state index in [1.54, 1.807) is 0 Å². The van der Waals surface area contributed by atoms with Gasteiger partial charge in [0.2, 0.25) is 0 Å². The first kappa shape index (κ1) is 14.9. The van der Waals surface area contributed by atoms with Crippen molar-refractivity contribution < 1.29 is 18.8 Å². The number of benzene rings is 2. The highest BCUT2D eigenvalue weighted by molar-refractivity contribution is 6.30. The Hall–Kier alpha value is -2.47. The van der Waals surface area contributed by atoms with Crippen molar-refractivity contribution in [1.29, 1.82) is 0 Å². The minimum atomic E-state index is -0.740. The maximum Gasteiger partial charge on any atom is 0.269 e. The van der Waals surface area contributed by atoms with E-state index in [-0.39, 0.29) is 22.0 Å². The number of nitrogens with zero attached hydrogens (tertiary/aromatic N) is 1. The molecule has 0 amide bonds. The van der Waals surface area contributed by atoms with E-state index in [0.717, 1.165) is 0 Å². The van der Waals surface area contributed by atoms with Crippen molar-refractivity contribution in [1.82, 2.24) is 0 Å². The first-order valence-corrected chi connectivity index (χ1v) is 6.21. The zero-order chi connectivity index (χ0) is 15.4. The number of nitro groups is 1. The number of ketones is 1. The van der Waals surface area contributed by atoms with Gasteiger partial charge in [-0.3, -0.25) is 14.9 Å². The fraction of sp³-hybridized carbons (Fsp3) is 0.0714. The predicted molar refractivity (Wildman–Crippen MR) is 74.3 cm³/mol. The highest BCUT2D eigenvalue weighted by atomic mass is 35.5. The van der Waals surface area contributed by atoms with Crippen molar-refractivity contribution in [2.24, 2.45) is 0 Å². The Balaban J connectivity index is 2.04. The molecule has 0 aliphatic rings. The molecule has 0 aliphatic carbocycles. The van der Waals surface area contributed by atoms with Gasteiger partial charge >= 0.3 is 0 Å². The van der Waals surface area contributed by atoms with E-state index in [1.165, 1.54) is 42.5 Å². The molecule has 2 aromatic rings. The lowest BCUT2D eigenvalue weighted by Crippen LogP contribution is -2.12. The topological polar surface area (TPSA) is 69.4 Å². The zero-order valence-corrected chi connectivity index (χ0v) is 11.3. The van der Waals surface area contributed by atoms with Gasteiger partial charge in [0.25, 0.3) is 5.69 Å². The predicted octanol–water partition coefficient (Wildman–Crippen LogP) is 3.65. The van der Waals surface area contributed by atoms with E-state index < -0.39 is 23.1 Å². The van der Waals surface area contributed by atoms with Crippen LogP contribution in [0.1, 0.15) is 10.4 Å². The van der Waals surface area contributed by atoms with Crippen LogP contribution in [-0.4, -0.2) is 17.3 Å². The summed E-state index contributed by atoms with van der Waals surface area (Å²) in [7, 11) is 0. The molecule has 2 rings (SSSR count). The molecular weight excluding hydrogens is 301 g/mol. The lowest BCUT2D eigenvalue weighted by Gasteiger charge is -2.07. The minimum Gasteiger partial charge on any atom is -0.482 e. The maximum atomic E-state index is 13.6. The highest BCUT2D eigenvalue weighted by Crippen LogP contribution is 2.24. The molecule has 0 atom stereocenters. The molecule has 0 saturated heterocycles. The van der Waals surface area contributed by atoms with Gasteiger partial charge in [0, 0.05) is 17.7 Å². The van der Waals surface area contributed by atoms with Crippen LogP contribution in [0.5, 0.6) is 5.75 Å². The van der Waals surface area contributed by atoms with Crippen molar-refractivity contribution in [2.45, 2.75) is 0 Å². The molecule has 0 radical (unpaired) electrons. The number of hydrogen-bond donors (Lipinski definition) is 0. The van der Waals surface area contributed by atoms with E-state index in [1.807, 2.05) is 0 Å². The second-order valence-corrected chi connectivity index (χ2v) is 4.47. The summed E-state index contributed by atoms with van der Waals surface area (Å²) in [4.78, 5) is 21.8. The second-order valence-electron chi connectivity index (χ2n) is 4.07. The van der Waals surface area contributed by atoms with E-state index in [9.17, 15) is 19.3 Å². The summed E-state index contributed by atoms with van der Waals surface area (Å²) >= 11 is 5.59. The number of rotatable bonds is 5. The van der Waals surface area contributed by atoms with Crippen molar-refractivity contribution in [2.75, 3.05) is 6.61 Å². The molecule has 5 nitrogen and oxygen atoms in total. The molecule has 0 bridgehead atoms. The smallest absolute Gasteiger partial charge is 0.269 e. The summed E-state index contributed by atoms with van der Waals surface area (Å²) < 4.78 is 18.6. The van der Waals surface area contributed by atoms with Crippen LogP contribution >= 0.6 is 11.6 Å². The largest absolute Gasteiger partial charge is 0.482 e. The van der Waals surface area contributed by atoms with Gasteiger partial charge in [-0.15, -0.1) is 0 Å². The average molecular weight is 310 g/mol. The number of Topliss-reactive ketones (excluding diaryl/α,β-unsaturated/α-hetero) is 1. The SMILES string of the molecule is O=C(COc1cccc(Cl)c1F)c1ccc([N+](=O)[O-])cc1. The van der Waals surface area contributed by atoms with Gasteiger partial charge in [-0.1, -0.05) is 17.7 Å². The van der Waals surface area contributed by atoms with Crippen LogP contribution in [0.15, 0.2) is 42.5 Å². The average Bonchev–Trinajstić information content (AvgIpc) is 2.48. The van der Waals surface area contributed by atoms with Crippen LogP contribution in [-0.2, 0) is 0 Å². The molecule has 0 N–H and O–H groups in total.